The van der Waals surface area contributed by atoms with Crippen LogP contribution in [0.15, 0.2) is 24.4 Å². The second kappa shape index (κ2) is 5.95. The molecule has 2 N–H and O–H groups in total. The van der Waals surface area contributed by atoms with Crippen LogP contribution in [0.4, 0.5) is 0 Å². The fourth-order valence-corrected chi connectivity index (χ4v) is 1.63. The molecule has 0 saturated heterocycles. The van der Waals surface area contributed by atoms with Gasteiger partial charge in [-0.15, -0.1) is 24.8 Å². The van der Waals surface area contributed by atoms with Crippen molar-refractivity contribution in [3.05, 3.63) is 30.1 Å². The summed E-state index contributed by atoms with van der Waals surface area (Å²) < 4.78 is 2.15. The Kier molecular flexibility index (Phi) is 5.65. The summed E-state index contributed by atoms with van der Waals surface area (Å²) >= 11 is 0. The van der Waals surface area contributed by atoms with Gasteiger partial charge in [-0.25, -0.2) is 4.98 Å². The lowest BCUT2D eigenvalue weighted by Crippen LogP contribution is -2.11. The molecule has 2 aromatic rings. The summed E-state index contributed by atoms with van der Waals surface area (Å²) in [5, 5.41) is 1.19. The van der Waals surface area contributed by atoms with Crippen molar-refractivity contribution in [2.45, 2.75) is 13.5 Å². The molecule has 0 aliphatic heterocycles. The monoisotopic (exact) mass is 247 g/mol. The molecule has 0 amide bonds. The summed E-state index contributed by atoms with van der Waals surface area (Å²) in [4.78, 5) is 4.33. The fourth-order valence-electron chi connectivity index (χ4n) is 1.63. The first-order valence-electron chi connectivity index (χ1n) is 4.44. The Balaban J connectivity index is 0.000000980. The third-order valence-corrected chi connectivity index (χ3v) is 2.22. The Morgan fingerprint density at radius 3 is 2.80 bits per heavy atom. The Bertz CT molecular complexity index is 426. The van der Waals surface area contributed by atoms with Crippen LogP contribution in [-0.4, -0.2) is 16.1 Å². The maximum Gasteiger partial charge on any atom is 0.140 e. The average molecular weight is 248 g/mol. The number of rotatable bonds is 2. The van der Waals surface area contributed by atoms with Crippen LogP contribution in [0.1, 0.15) is 5.69 Å². The van der Waals surface area contributed by atoms with Gasteiger partial charge in [-0.3, -0.25) is 0 Å². The maximum absolute atomic E-state index is 5.53. The largest absolute Gasteiger partial charge is 0.329 e. The molecule has 0 atom stereocenters. The van der Waals surface area contributed by atoms with E-state index in [-0.39, 0.29) is 24.8 Å². The van der Waals surface area contributed by atoms with Crippen LogP contribution < -0.4 is 5.73 Å². The van der Waals surface area contributed by atoms with Crippen LogP contribution in [-0.2, 0) is 6.54 Å². The second-order valence-electron chi connectivity index (χ2n) is 3.14. The number of nitrogens with zero attached hydrogens (tertiary/aromatic N) is 2. The third-order valence-electron chi connectivity index (χ3n) is 2.22. The lowest BCUT2D eigenvalue weighted by Gasteiger charge is -2.03. The van der Waals surface area contributed by atoms with E-state index in [2.05, 4.69) is 28.6 Å². The normalized spacial score (nSPS) is 9.47. The Labute approximate surface area is 101 Å². The molecule has 2 rings (SSSR count). The molecule has 15 heavy (non-hydrogen) atoms. The zero-order valence-corrected chi connectivity index (χ0v) is 10.1. The molecular weight excluding hydrogens is 233 g/mol. The average Bonchev–Trinajstić information content (AvgIpc) is 2.44. The predicted molar refractivity (Wildman–Crippen MR) is 68.0 cm³/mol. The van der Waals surface area contributed by atoms with E-state index in [0.29, 0.717) is 6.54 Å². The number of fused-ring (bicyclic) bond motifs is 1. The van der Waals surface area contributed by atoms with E-state index in [4.69, 9.17) is 5.73 Å². The minimum Gasteiger partial charge on any atom is -0.329 e. The summed E-state index contributed by atoms with van der Waals surface area (Å²) in [6, 6.07) is 6.16. The fraction of sp³-hybridized carbons (Fsp3) is 0.300. The van der Waals surface area contributed by atoms with E-state index in [1.807, 2.05) is 12.3 Å². The molecule has 0 radical (unpaired) electrons. The molecule has 0 spiro atoms. The molecule has 5 heteroatoms. The van der Waals surface area contributed by atoms with Gasteiger partial charge >= 0.3 is 0 Å². The summed E-state index contributed by atoms with van der Waals surface area (Å²) in [5.74, 6) is 0. The Morgan fingerprint density at radius 2 is 2.13 bits per heavy atom. The zero-order chi connectivity index (χ0) is 9.26. The Hall–Kier alpha value is -0.770. The minimum atomic E-state index is 0. The van der Waals surface area contributed by atoms with Crippen LogP contribution in [0.25, 0.3) is 11.0 Å². The van der Waals surface area contributed by atoms with Crippen LogP contribution in [0, 0.1) is 6.92 Å². The van der Waals surface area contributed by atoms with Crippen LogP contribution >= 0.6 is 24.8 Å². The summed E-state index contributed by atoms with van der Waals surface area (Å²) in [6.07, 6.45) is 1.81. The highest BCUT2D eigenvalue weighted by atomic mass is 35.5. The number of halogens is 2. The van der Waals surface area contributed by atoms with E-state index in [0.717, 1.165) is 12.2 Å². The summed E-state index contributed by atoms with van der Waals surface area (Å²) in [7, 11) is 0. The standard InChI is InChI=1S/C10H13N3.2ClH/c1-8-7-9-3-2-5-12-10(9)13(8)6-4-11;;/h2-3,5,7H,4,6,11H2,1H3;2*1H. The van der Waals surface area contributed by atoms with E-state index >= 15 is 0 Å². The predicted octanol–water partition coefficient (Wildman–Crippen LogP) is 2.15. The van der Waals surface area contributed by atoms with Crippen molar-refractivity contribution in [2.75, 3.05) is 6.54 Å². The van der Waals surface area contributed by atoms with Gasteiger partial charge in [-0.2, -0.15) is 0 Å². The molecule has 0 aliphatic carbocycles. The van der Waals surface area contributed by atoms with Gasteiger partial charge in [-0.05, 0) is 25.1 Å². The number of hydrogen-bond donors (Lipinski definition) is 1. The molecule has 0 saturated carbocycles. The van der Waals surface area contributed by atoms with Crippen LogP contribution in [0.2, 0.25) is 0 Å². The van der Waals surface area contributed by atoms with Gasteiger partial charge in [0.25, 0.3) is 0 Å². The van der Waals surface area contributed by atoms with Crippen molar-refractivity contribution in [1.82, 2.24) is 9.55 Å². The smallest absolute Gasteiger partial charge is 0.140 e. The quantitative estimate of drug-likeness (QED) is 0.884. The number of pyridine rings is 1. The molecular formula is C10H15Cl2N3. The lowest BCUT2D eigenvalue weighted by molar-refractivity contribution is 0.708. The van der Waals surface area contributed by atoms with Crippen LogP contribution in [0.5, 0.6) is 0 Å². The van der Waals surface area contributed by atoms with Gasteiger partial charge in [0.1, 0.15) is 5.65 Å². The number of nitrogens with two attached hydrogens (primary N) is 1. The lowest BCUT2D eigenvalue weighted by atomic mass is 10.3. The van der Waals surface area contributed by atoms with Gasteiger partial charge in [0.05, 0.1) is 0 Å². The minimum absolute atomic E-state index is 0. The van der Waals surface area contributed by atoms with Crippen molar-refractivity contribution < 1.29 is 0 Å². The molecule has 2 aromatic heterocycles. The highest BCUT2D eigenvalue weighted by Crippen LogP contribution is 2.15. The molecule has 0 aromatic carbocycles. The van der Waals surface area contributed by atoms with Gasteiger partial charge < -0.3 is 10.3 Å². The van der Waals surface area contributed by atoms with Gasteiger partial charge in [0, 0.05) is 30.4 Å². The van der Waals surface area contributed by atoms with Crippen LogP contribution in [0.3, 0.4) is 0 Å². The SMILES string of the molecule is Cc1cc2cccnc2n1CCN.Cl.Cl. The van der Waals surface area contributed by atoms with Gasteiger partial charge in [-0.1, -0.05) is 0 Å². The third kappa shape index (κ3) is 2.62. The first-order chi connectivity index (χ1) is 6.33. The topological polar surface area (TPSA) is 43.8 Å². The Morgan fingerprint density at radius 1 is 1.40 bits per heavy atom. The van der Waals surface area contributed by atoms with E-state index in [9.17, 15) is 0 Å². The molecule has 0 bridgehead atoms. The molecule has 0 fully saturated rings. The summed E-state index contributed by atoms with van der Waals surface area (Å²) in [5.41, 5.74) is 7.79. The van der Waals surface area contributed by atoms with E-state index < -0.39 is 0 Å². The van der Waals surface area contributed by atoms with Gasteiger partial charge in [0.15, 0.2) is 0 Å². The van der Waals surface area contributed by atoms with Crippen molar-refractivity contribution >= 4 is 35.8 Å². The van der Waals surface area contributed by atoms with E-state index in [1.165, 1.54) is 11.1 Å². The van der Waals surface area contributed by atoms with Crippen molar-refractivity contribution in [3.8, 4) is 0 Å². The second-order valence-corrected chi connectivity index (χ2v) is 3.14. The molecule has 84 valence electrons. The molecule has 2 heterocycles. The van der Waals surface area contributed by atoms with Crippen molar-refractivity contribution in [3.63, 3.8) is 0 Å². The van der Waals surface area contributed by atoms with Crippen molar-refractivity contribution in [2.24, 2.45) is 5.73 Å². The number of aromatic nitrogens is 2. The zero-order valence-electron chi connectivity index (χ0n) is 8.51. The highest BCUT2D eigenvalue weighted by Gasteiger charge is 2.03. The molecule has 3 nitrogen and oxygen atoms in total. The van der Waals surface area contributed by atoms with Gasteiger partial charge in [0.2, 0.25) is 0 Å². The first-order valence-corrected chi connectivity index (χ1v) is 4.44. The first kappa shape index (κ1) is 14.2. The number of aryl methyl sites for hydroxylation is 1. The maximum atomic E-state index is 5.53. The molecule has 0 aliphatic rings. The summed E-state index contributed by atoms with van der Waals surface area (Å²) in [6.45, 7) is 3.57. The van der Waals surface area contributed by atoms with E-state index in [1.54, 1.807) is 0 Å². The number of hydrogen-bond acceptors (Lipinski definition) is 2. The molecule has 0 unspecified atom stereocenters. The van der Waals surface area contributed by atoms with Crippen molar-refractivity contribution in [1.29, 1.82) is 0 Å². The highest BCUT2D eigenvalue weighted by molar-refractivity contribution is 5.85.